The van der Waals surface area contributed by atoms with Crippen molar-refractivity contribution >= 4 is 22.9 Å². The average Bonchev–Trinajstić information content (AvgIpc) is 3.33. The summed E-state index contributed by atoms with van der Waals surface area (Å²) >= 11 is 0. The van der Waals surface area contributed by atoms with Crippen LogP contribution in [-0.4, -0.2) is 68.6 Å². The highest BCUT2D eigenvalue weighted by Crippen LogP contribution is 2.24. The lowest BCUT2D eigenvalue weighted by molar-refractivity contribution is 0.0746. The monoisotopic (exact) mass is 475 g/mol. The fourth-order valence-electron chi connectivity index (χ4n) is 4.08. The van der Waals surface area contributed by atoms with Gasteiger partial charge in [-0.15, -0.1) is 5.10 Å². The maximum atomic E-state index is 13.7. The summed E-state index contributed by atoms with van der Waals surface area (Å²) in [5, 5.41) is 8.44. The van der Waals surface area contributed by atoms with Gasteiger partial charge in [-0.3, -0.25) is 4.79 Å². The number of anilines is 1. The summed E-state index contributed by atoms with van der Waals surface area (Å²) in [6.45, 7) is 5.10. The van der Waals surface area contributed by atoms with Crippen molar-refractivity contribution in [1.29, 1.82) is 0 Å². The Bertz CT molecular complexity index is 1320. The molecule has 4 aromatic rings. The highest BCUT2D eigenvalue weighted by atomic mass is 19.1. The molecule has 0 aliphatic carbocycles. The van der Waals surface area contributed by atoms with Crippen LogP contribution in [0.15, 0.2) is 54.9 Å². The van der Waals surface area contributed by atoms with Gasteiger partial charge in [0.1, 0.15) is 17.9 Å². The number of piperazine rings is 1. The molecule has 0 bridgehead atoms. The van der Waals surface area contributed by atoms with E-state index in [1.54, 1.807) is 12.1 Å². The molecule has 1 fully saturated rings. The van der Waals surface area contributed by atoms with Gasteiger partial charge in [0.25, 0.3) is 5.91 Å². The molecule has 1 aliphatic rings. The lowest BCUT2D eigenvalue weighted by Crippen LogP contribution is -2.49. The number of unbranched alkanes of at least 4 members (excludes halogenated alkanes) is 1. The predicted molar refractivity (Wildman–Crippen MR) is 129 cm³/mol. The van der Waals surface area contributed by atoms with Crippen LogP contribution in [0.5, 0.6) is 5.75 Å². The van der Waals surface area contributed by atoms with Gasteiger partial charge in [-0.25, -0.2) is 14.4 Å². The van der Waals surface area contributed by atoms with E-state index in [9.17, 15) is 9.18 Å². The largest absolute Gasteiger partial charge is 0.494 e. The summed E-state index contributed by atoms with van der Waals surface area (Å²) < 4.78 is 20.9. The third kappa shape index (κ3) is 4.77. The highest BCUT2D eigenvalue weighted by molar-refractivity contribution is 5.94. The van der Waals surface area contributed by atoms with E-state index in [2.05, 4.69) is 32.1 Å². The Labute approximate surface area is 202 Å². The summed E-state index contributed by atoms with van der Waals surface area (Å²) in [6, 6.07) is 13.4. The standard InChI is InChI=1S/C25H26FN7O2/c1-2-3-15-35-21-9-7-18(8-10-21)25(34)32-13-11-31(12-14-32)23-22-24(28-17-27-23)33(30-29-22)20-6-4-5-19(26)16-20/h4-10,16-17H,2-3,11-15H2,1H3. The molecule has 180 valence electrons. The molecule has 0 saturated carbocycles. The van der Waals surface area contributed by atoms with Gasteiger partial charge in [-0.1, -0.05) is 24.6 Å². The number of benzene rings is 2. The molecule has 9 nitrogen and oxygen atoms in total. The number of amides is 1. The molecular weight excluding hydrogens is 449 g/mol. The summed E-state index contributed by atoms with van der Waals surface area (Å²) in [4.78, 5) is 25.7. The molecule has 5 rings (SSSR count). The molecule has 0 atom stereocenters. The third-order valence-electron chi connectivity index (χ3n) is 6.01. The van der Waals surface area contributed by atoms with E-state index in [-0.39, 0.29) is 11.7 Å². The smallest absolute Gasteiger partial charge is 0.253 e. The van der Waals surface area contributed by atoms with E-state index in [4.69, 9.17) is 4.74 Å². The fraction of sp³-hybridized carbons (Fsp3) is 0.320. The van der Waals surface area contributed by atoms with Gasteiger partial charge in [-0.2, -0.15) is 4.68 Å². The molecule has 1 saturated heterocycles. The Morgan fingerprint density at radius 1 is 1.06 bits per heavy atom. The average molecular weight is 476 g/mol. The van der Waals surface area contributed by atoms with Crippen molar-refractivity contribution in [3.63, 3.8) is 0 Å². The number of carbonyl (C=O) groups excluding carboxylic acids is 1. The van der Waals surface area contributed by atoms with Crippen LogP contribution in [0, 0.1) is 5.82 Å². The molecule has 0 N–H and O–H groups in total. The quantitative estimate of drug-likeness (QED) is 0.378. The highest BCUT2D eigenvalue weighted by Gasteiger charge is 2.25. The van der Waals surface area contributed by atoms with Gasteiger partial charge in [-0.05, 0) is 48.9 Å². The minimum Gasteiger partial charge on any atom is -0.494 e. The van der Waals surface area contributed by atoms with Crippen LogP contribution in [-0.2, 0) is 0 Å². The number of nitrogens with zero attached hydrogens (tertiary/aromatic N) is 7. The SMILES string of the molecule is CCCCOc1ccc(C(=O)N2CCN(c3ncnc4c3nnn4-c3cccc(F)c3)CC2)cc1. The molecular formula is C25H26FN7O2. The summed E-state index contributed by atoms with van der Waals surface area (Å²) in [5.41, 5.74) is 2.22. The molecule has 1 amide bonds. The summed E-state index contributed by atoms with van der Waals surface area (Å²) in [5.74, 6) is 1.06. The normalized spacial score (nSPS) is 13.9. The minimum atomic E-state index is -0.361. The predicted octanol–water partition coefficient (Wildman–Crippen LogP) is 3.49. The zero-order valence-corrected chi connectivity index (χ0v) is 19.5. The maximum absolute atomic E-state index is 13.7. The van der Waals surface area contributed by atoms with E-state index >= 15 is 0 Å². The molecule has 1 aliphatic heterocycles. The number of fused-ring (bicyclic) bond motifs is 1. The Morgan fingerprint density at radius 3 is 2.60 bits per heavy atom. The zero-order chi connectivity index (χ0) is 24.2. The molecule has 10 heteroatoms. The fourth-order valence-corrected chi connectivity index (χ4v) is 4.08. The Hall–Kier alpha value is -4.08. The van der Waals surface area contributed by atoms with Crippen LogP contribution in [0.1, 0.15) is 30.1 Å². The van der Waals surface area contributed by atoms with Crippen molar-refractivity contribution in [1.82, 2.24) is 29.9 Å². The van der Waals surface area contributed by atoms with Crippen LogP contribution in [0.25, 0.3) is 16.9 Å². The number of carbonyl (C=O) groups is 1. The Balaban J connectivity index is 1.26. The first-order valence-corrected chi connectivity index (χ1v) is 11.7. The molecule has 0 spiro atoms. The molecule has 2 aromatic carbocycles. The first-order chi connectivity index (χ1) is 17.1. The first-order valence-electron chi connectivity index (χ1n) is 11.7. The summed E-state index contributed by atoms with van der Waals surface area (Å²) in [6.07, 6.45) is 3.54. The number of halogens is 1. The van der Waals surface area contributed by atoms with E-state index in [0.29, 0.717) is 61.0 Å². The molecule has 35 heavy (non-hydrogen) atoms. The van der Waals surface area contributed by atoms with Gasteiger partial charge in [0, 0.05) is 31.7 Å². The van der Waals surface area contributed by atoms with E-state index in [1.807, 2.05) is 29.2 Å². The van der Waals surface area contributed by atoms with Crippen molar-refractivity contribution in [2.75, 3.05) is 37.7 Å². The number of rotatable bonds is 7. The van der Waals surface area contributed by atoms with Gasteiger partial charge in [0.15, 0.2) is 17.0 Å². The van der Waals surface area contributed by atoms with Crippen molar-refractivity contribution in [3.8, 4) is 11.4 Å². The topological polar surface area (TPSA) is 89.3 Å². The Kier molecular flexibility index (Phi) is 6.51. The third-order valence-corrected chi connectivity index (χ3v) is 6.01. The van der Waals surface area contributed by atoms with E-state index in [1.165, 1.54) is 23.1 Å². The van der Waals surface area contributed by atoms with Crippen LogP contribution >= 0.6 is 0 Å². The van der Waals surface area contributed by atoms with Crippen molar-refractivity contribution in [3.05, 3.63) is 66.2 Å². The molecule has 3 heterocycles. The van der Waals surface area contributed by atoms with Gasteiger partial charge in [0.2, 0.25) is 0 Å². The molecule has 0 unspecified atom stereocenters. The van der Waals surface area contributed by atoms with Crippen LogP contribution in [0.4, 0.5) is 10.2 Å². The van der Waals surface area contributed by atoms with Gasteiger partial charge < -0.3 is 14.5 Å². The van der Waals surface area contributed by atoms with Crippen molar-refractivity contribution in [2.45, 2.75) is 19.8 Å². The lowest BCUT2D eigenvalue weighted by atomic mass is 10.1. The van der Waals surface area contributed by atoms with Crippen molar-refractivity contribution < 1.29 is 13.9 Å². The minimum absolute atomic E-state index is 0.00496. The van der Waals surface area contributed by atoms with Crippen LogP contribution in [0.2, 0.25) is 0 Å². The first kappa shape index (κ1) is 22.7. The number of hydrogen-bond acceptors (Lipinski definition) is 7. The van der Waals surface area contributed by atoms with Crippen molar-refractivity contribution in [2.24, 2.45) is 0 Å². The summed E-state index contributed by atoms with van der Waals surface area (Å²) in [7, 11) is 0. The number of aromatic nitrogens is 5. The maximum Gasteiger partial charge on any atom is 0.253 e. The molecule has 0 radical (unpaired) electrons. The van der Waals surface area contributed by atoms with Gasteiger partial charge in [0.05, 0.1) is 12.3 Å². The van der Waals surface area contributed by atoms with E-state index < -0.39 is 0 Å². The second kappa shape index (κ2) is 10.0. The second-order valence-electron chi connectivity index (χ2n) is 8.36. The zero-order valence-electron chi connectivity index (χ0n) is 19.5. The second-order valence-corrected chi connectivity index (χ2v) is 8.36. The van der Waals surface area contributed by atoms with Gasteiger partial charge >= 0.3 is 0 Å². The molecule has 2 aromatic heterocycles. The van der Waals surface area contributed by atoms with Crippen LogP contribution in [0.3, 0.4) is 0 Å². The van der Waals surface area contributed by atoms with Crippen LogP contribution < -0.4 is 9.64 Å². The number of hydrogen-bond donors (Lipinski definition) is 0. The number of ether oxygens (including phenoxy) is 1. The Morgan fingerprint density at radius 2 is 1.86 bits per heavy atom. The van der Waals surface area contributed by atoms with E-state index in [0.717, 1.165) is 18.6 Å². The lowest BCUT2D eigenvalue weighted by Gasteiger charge is -2.35.